The number of carbonyl (C=O) groups excluding carboxylic acids is 1. The van der Waals surface area contributed by atoms with Gasteiger partial charge in [-0.2, -0.15) is 0 Å². The molecule has 3 rings (SSSR count). The number of methoxy groups -OCH3 is 1. The van der Waals surface area contributed by atoms with E-state index in [1.54, 1.807) is 21.0 Å². The van der Waals surface area contributed by atoms with Gasteiger partial charge in [0.2, 0.25) is 0 Å². The lowest BCUT2D eigenvalue weighted by Crippen LogP contribution is -2.24. The van der Waals surface area contributed by atoms with Gasteiger partial charge in [0.15, 0.2) is 5.78 Å². The highest BCUT2D eigenvalue weighted by Crippen LogP contribution is 2.28. The average Bonchev–Trinajstić information content (AvgIpc) is 2.76. The second-order valence-electron chi connectivity index (χ2n) is 8.27. The van der Waals surface area contributed by atoms with Gasteiger partial charge in [0.25, 0.3) is 0 Å². The number of aliphatic carboxylic acids is 1. The number of carbonyl (C=O) groups is 2. The largest absolute Gasteiger partial charge is 0.497 e. The molecule has 0 bridgehead atoms. The van der Waals surface area contributed by atoms with Crippen molar-refractivity contribution in [1.29, 1.82) is 0 Å². The third kappa shape index (κ3) is 4.88. The first-order valence-electron chi connectivity index (χ1n) is 10.2. The second-order valence-corrected chi connectivity index (χ2v) is 8.27. The van der Waals surface area contributed by atoms with Crippen LogP contribution in [0.1, 0.15) is 48.2 Å². The molecule has 0 spiro atoms. The first-order valence-corrected chi connectivity index (χ1v) is 10.2. The van der Waals surface area contributed by atoms with E-state index in [2.05, 4.69) is 6.07 Å². The van der Waals surface area contributed by atoms with E-state index in [0.29, 0.717) is 12.0 Å². The Labute approximate surface area is 177 Å². The molecule has 156 valence electrons. The molecule has 4 heteroatoms. The Morgan fingerprint density at radius 1 is 0.933 bits per heavy atom. The van der Waals surface area contributed by atoms with E-state index in [-0.39, 0.29) is 12.2 Å². The lowest BCUT2D eigenvalue weighted by molar-refractivity contribution is -0.147. The van der Waals surface area contributed by atoms with Gasteiger partial charge in [0.05, 0.1) is 12.5 Å². The van der Waals surface area contributed by atoms with Crippen LogP contribution in [-0.4, -0.2) is 24.0 Å². The summed E-state index contributed by atoms with van der Waals surface area (Å²) in [4.78, 5) is 24.5. The molecule has 0 aliphatic heterocycles. The molecule has 4 nitrogen and oxygen atoms in total. The lowest BCUT2D eigenvalue weighted by atomic mass is 9.84. The molecule has 0 atom stereocenters. The number of ether oxygens (including phenoxy) is 1. The monoisotopic (exact) mass is 404 g/mol. The van der Waals surface area contributed by atoms with E-state index in [1.165, 1.54) is 5.56 Å². The molecule has 1 N–H and O–H groups in total. The fourth-order valence-corrected chi connectivity index (χ4v) is 3.60. The van der Waals surface area contributed by atoms with Crippen LogP contribution >= 0.6 is 0 Å². The van der Waals surface area contributed by atoms with Crippen LogP contribution in [0.3, 0.4) is 0 Å². The average molecular weight is 405 g/mol. The van der Waals surface area contributed by atoms with Crippen LogP contribution in [0.4, 0.5) is 0 Å². The minimum absolute atomic E-state index is 0.000177. The summed E-state index contributed by atoms with van der Waals surface area (Å²) >= 11 is 0. The van der Waals surface area contributed by atoms with Gasteiger partial charge in [-0.25, -0.2) is 0 Å². The Bertz CT molecular complexity index is 1050. The maximum absolute atomic E-state index is 13.1. The minimum atomic E-state index is -0.921. The van der Waals surface area contributed by atoms with Crippen molar-refractivity contribution in [3.63, 3.8) is 0 Å². The van der Waals surface area contributed by atoms with Gasteiger partial charge in [0.1, 0.15) is 5.75 Å². The van der Waals surface area contributed by atoms with Crippen molar-refractivity contribution >= 4 is 22.5 Å². The molecule has 3 aromatic rings. The molecular formula is C26H28O4. The zero-order valence-corrected chi connectivity index (χ0v) is 17.8. The van der Waals surface area contributed by atoms with Crippen molar-refractivity contribution < 1.29 is 19.4 Å². The van der Waals surface area contributed by atoms with E-state index in [4.69, 9.17) is 4.74 Å². The first-order chi connectivity index (χ1) is 14.3. The van der Waals surface area contributed by atoms with E-state index in [0.717, 1.165) is 34.9 Å². The second kappa shape index (κ2) is 9.12. The van der Waals surface area contributed by atoms with Gasteiger partial charge < -0.3 is 9.84 Å². The summed E-state index contributed by atoms with van der Waals surface area (Å²) in [5, 5.41) is 11.5. The minimum Gasteiger partial charge on any atom is -0.497 e. The molecule has 0 heterocycles. The predicted octanol–water partition coefficient (Wildman–Crippen LogP) is 5.71. The number of benzene rings is 3. The molecule has 30 heavy (non-hydrogen) atoms. The number of fused-ring (bicyclic) bond motifs is 1. The summed E-state index contributed by atoms with van der Waals surface area (Å²) in [6, 6.07) is 19.9. The third-order valence-corrected chi connectivity index (χ3v) is 5.72. The van der Waals surface area contributed by atoms with Crippen molar-refractivity contribution in [2.75, 3.05) is 7.11 Å². The molecule has 0 aliphatic carbocycles. The predicted molar refractivity (Wildman–Crippen MR) is 119 cm³/mol. The normalized spacial score (nSPS) is 11.4. The number of Topliss-reactive ketones (excluding diaryl/α,β-unsaturated/α-hetero) is 1. The van der Waals surface area contributed by atoms with Crippen molar-refractivity contribution in [2.24, 2.45) is 5.41 Å². The fraction of sp³-hybridized carbons (Fsp3) is 0.308. The molecule has 3 aromatic carbocycles. The summed E-state index contributed by atoms with van der Waals surface area (Å²) in [6.45, 7) is 3.32. The maximum atomic E-state index is 13.1. The van der Waals surface area contributed by atoms with Crippen molar-refractivity contribution in [3.8, 4) is 5.75 Å². The molecule has 0 fully saturated rings. The van der Waals surface area contributed by atoms with Gasteiger partial charge in [-0.3, -0.25) is 9.59 Å². The Morgan fingerprint density at radius 3 is 2.30 bits per heavy atom. The number of carboxylic acid groups (broad SMARTS) is 1. The summed E-state index contributed by atoms with van der Waals surface area (Å²) in [5.41, 5.74) is 1.98. The van der Waals surface area contributed by atoms with Crippen LogP contribution in [0, 0.1) is 5.41 Å². The fourth-order valence-electron chi connectivity index (χ4n) is 3.60. The maximum Gasteiger partial charge on any atom is 0.309 e. The Hall–Kier alpha value is -3.14. The van der Waals surface area contributed by atoms with Crippen LogP contribution < -0.4 is 4.74 Å². The van der Waals surface area contributed by atoms with E-state index < -0.39 is 11.4 Å². The third-order valence-electron chi connectivity index (χ3n) is 5.72. The summed E-state index contributed by atoms with van der Waals surface area (Å²) in [6.07, 6.45) is 2.06. The molecule has 0 aromatic heterocycles. The van der Waals surface area contributed by atoms with Crippen LogP contribution in [0.25, 0.3) is 10.8 Å². The van der Waals surface area contributed by atoms with Gasteiger partial charge in [0, 0.05) is 12.0 Å². The van der Waals surface area contributed by atoms with Crippen LogP contribution in [0.2, 0.25) is 0 Å². The highest BCUT2D eigenvalue weighted by Gasteiger charge is 2.28. The SMILES string of the molecule is COc1ccc(CCc2c(C(=O)CCC(C)(C)C(=O)O)ccc3ccccc23)cc1. The van der Waals surface area contributed by atoms with E-state index in [1.807, 2.05) is 54.6 Å². The topological polar surface area (TPSA) is 63.6 Å². The first kappa shape index (κ1) is 21.6. The van der Waals surface area contributed by atoms with Crippen LogP contribution in [0.15, 0.2) is 60.7 Å². The lowest BCUT2D eigenvalue weighted by Gasteiger charge is -2.19. The number of hydrogen-bond acceptors (Lipinski definition) is 3. The number of ketones is 1. The Kier molecular flexibility index (Phi) is 6.56. The molecule has 0 saturated carbocycles. The van der Waals surface area contributed by atoms with Gasteiger partial charge in [-0.15, -0.1) is 0 Å². The summed E-state index contributed by atoms with van der Waals surface area (Å²) in [5.74, 6) is -0.0610. The molecule has 0 radical (unpaired) electrons. The van der Waals surface area contributed by atoms with Gasteiger partial charge >= 0.3 is 5.97 Å². The van der Waals surface area contributed by atoms with Crippen LogP contribution in [-0.2, 0) is 17.6 Å². The zero-order valence-electron chi connectivity index (χ0n) is 17.8. The smallest absolute Gasteiger partial charge is 0.309 e. The summed E-state index contributed by atoms with van der Waals surface area (Å²) in [7, 11) is 1.65. The number of aryl methyl sites for hydroxylation is 2. The van der Waals surface area contributed by atoms with Crippen molar-refractivity contribution in [2.45, 2.75) is 39.5 Å². The molecule has 0 unspecified atom stereocenters. The quantitative estimate of drug-likeness (QED) is 0.464. The Morgan fingerprint density at radius 2 is 1.63 bits per heavy atom. The Balaban J connectivity index is 1.88. The standard InChI is InChI=1S/C26H28O4/c1-26(2,25(28)29)17-16-24(27)23-15-11-19-6-4-5-7-21(19)22(23)14-10-18-8-12-20(30-3)13-9-18/h4-9,11-13,15H,10,14,16-17H2,1-3H3,(H,28,29). The van der Waals surface area contributed by atoms with Gasteiger partial charge in [-0.1, -0.05) is 48.5 Å². The molecular weight excluding hydrogens is 376 g/mol. The van der Waals surface area contributed by atoms with Crippen molar-refractivity contribution in [3.05, 3.63) is 77.4 Å². The van der Waals surface area contributed by atoms with Crippen LogP contribution in [0.5, 0.6) is 5.75 Å². The molecule has 0 aliphatic rings. The highest BCUT2D eigenvalue weighted by molar-refractivity contribution is 6.02. The molecule has 0 saturated heterocycles. The molecule has 0 amide bonds. The van der Waals surface area contributed by atoms with E-state index >= 15 is 0 Å². The van der Waals surface area contributed by atoms with Gasteiger partial charge in [-0.05, 0) is 67.1 Å². The number of rotatable bonds is 9. The number of carboxylic acids is 1. The highest BCUT2D eigenvalue weighted by atomic mass is 16.5. The van der Waals surface area contributed by atoms with E-state index in [9.17, 15) is 14.7 Å². The van der Waals surface area contributed by atoms with Crippen molar-refractivity contribution in [1.82, 2.24) is 0 Å². The summed E-state index contributed by atoms with van der Waals surface area (Å²) < 4.78 is 5.22. The number of hydrogen-bond donors (Lipinski definition) is 1. The zero-order chi connectivity index (χ0) is 21.7.